The van der Waals surface area contributed by atoms with Crippen LogP contribution in [0.3, 0.4) is 0 Å². The van der Waals surface area contributed by atoms with Gasteiger partial charge in [0.2, 0.25) is 0 Å². The van der Waals surface area contributed by atoms with E-state index in [9.17, 15) is 24.4 Å². The lowest BCUT2D eigenvalue weighted by atomic mass is 9.77. The summed E-state index contributed by atoms with van der Waals surface area (Å²) < 4.78 is 0. The van der Waals surface area contributed by atoms with Crippen LogP contribution < -0.4 is 5.32 Å². The number of rotatable bonds is 5. The maximum atomic E-state index is 14.2. The van der Waals surface area contributed by atoms with Gasteiger partial charge in [-0.2, -0.15) is 5.26 Å². The Morgan fingerprint density at radius 2 is 1.86 bits per heavy atom. The molecule has 4 heterocycles. The fourth-order valence-corrected chi connectivity index (χ4v) is 7.92. The lowest BCUT2D eigenvalue weighted by Crippen LogP contribution is -2.71. The number of nitrogens with one attached hydrogen (secondary N) is 1. The molecule has 12 heteroatoms. The van der Waals surface area contributed by atoms with Crippen molar-refractivity contribution in [3.63, 3.8) is 0 Å². The summed E-state index contributed by atoms with van der Waals surface area (Å²) in [4.78, 5) is 57.1. The van der Waals surface area contributed by atoms with Gasteiger partial charge in [0.05, 0.1) is 17.5 Å². The van der Waals surface area contributed by atoms with Crippen molar-refractivity contribution in [2.24, 2.45) is 5.41 Å². The van der Waals surface area contributed by atoms with Crippen molar-refractivity contribution in [3.8, 4) is 6.07 Å². The first-order valence-corrected chi connectivity index (χ1v) is 13.8. The van der Waals surface area contributed by atoms with E-state index >= 15 is 0 Å². The number of carbonyl (C=O) groups is 4. The van der Waals surface area contributed by atoms with Crippen molar-refractivity contribution in [2.45, 2.75) is 62.2 Å². The second kappa shape index (κ2) is 9.97. The first kappa shape index (κ1) is 26.9. The number of carbonyl (C=O) groups excluding carboxylic acids is 4. The Morgan fingerprint density at radius 3 is 2.42 bits per heavy atom. The molecule has 1 aromatic heterocycles. The molecular weight excluding hydrogens is 522 g/mol. The number of nitriles is 1. The molecule has 0 aromatic carbocycles. The molecule has 0 saturated carbocycles. The third-order valence-corrected chi connectivity index (χ3v) is 9.31. The average molecular weight is 550 g/mol. The Morgan fingerprint density at radius 1 is 1.19 bits per heavy atom. The molecular formula is C24H28ClN5O4S2. The highest BCUT2D eigenvalue weighted by Crippen LogP contribution is 2.61. The van der Waals surface area contributed by atoms with E-state index in [0.717, 1.165) is 44.1 Å². The molecule has 9 nitrogen and oxygen atoms in total. The minimum Gasteiger partial charge on any atom is -0.331 e. The highest BCUT2D eigenvalue weighted by molar-refractivity contribution is 8.16. The summed E-state index contributed by atoms with van der Waals surface area (Å²) in [6, 6.07) is 4.87. The van der Waals surface area contributed by atoms with Crippen LogP contribution in [-0.4, -0.2) is 66.2 Å². The van der Waals surface area contributed by atoms with Gasteiger partial charge < -0.3 is 15.1 Å². The molecule has 0 spiro atoms. The zero-order valence-electron chi connectivity index (χ0n) is 20.4. The molecule has 1 aromatic rings. The third kappa shape index (κ3) is 4.64. The number of thioether (sulfide) groups is 2. The van der Waals surface area contributed by atoms with Gasteiger partial charge in [-0.3, -0.25) is 19.2 Å². The highest BCUT2D eigenvalue weighted by Gasteiger charge is 2.71. The Labute approximate surface area is 223 Å². The number of hydrogen-bond donors (Lipinski definition) is 1. The van der Waals surface area contributed by atoms with Crippen molar-refractivity contribution in [3.05, 3.63) is 29.0 Å². The number of likely N-dealkylation sites (tertiary alicyclic amines) is 1. The minimum absolute atomic E-state index is 0.0388. The summed E-state index contributed by atoms with van der Waals surface area (Å²) >= 11 is 7.51. The van der Waals surface area contributed by atoms with Crippen LogP contribution >= 0.6 is 35.1 Å². The van der Waals surface area contributed by atoms with E-state index in [-0.39, 0.29) is 21.8 Å². The predicted molar refractivity (Wildman–Crippen MR) is 138 cm³/mol. The van der Waals surface area contributed by atoms with E-state index in [1.165, 1.54) is 31.9 Å². The van der Waals surface area contributed by atoms with Crippen molar-refractivity contribution in [2.75, 3.05) is 19.6 Å². The summed E-state index contributed by atoms with van der Waals surface area (Å²) in [5, 5.41) is 13.0. The summed E-state index contributed by atoms with van der Waals surface area (Å²) in [7, 11) is 0. The molecule has 4 atom stereocenters. The first-order chi connectivity index (χ1) is 17.0. The van der Waals surface area contributed by atoms with Crippen molar-refractivity contribution >= 4 is 57.2 Å². The lowest BCUT2D eigenvalue weighted by molar-refractivity contribution is -0.152. The summed E-state index contributed by atoms with van der Waals surface area (Å²) in [5.41, 5.74) is -0.670. The van der Waals surface area contributed by atoms with Crippen LogP contribution in [0, 0.1) is 16.7 Å². The average Bonchev–Trinajstić information content (AvgIpc) is 3.09. The minimum atomic E-state index is -1.64. The van der Waals surface area contributed by atoms with Crippen molar-refractivity contribution < 1.29 is 19.2 Å². The maximum absolute atomic E-state index is 14.2. The summed E-state index contributed by atoms with van der Waals surface area (Å²) in [6.07, 6.45) is 4.58. The fraction of sp³-hybridized carbons (Fsp3) is 0.583. The van der Waals surface area contributed by atoms with Gasteiger partial charge in [-0.15, -0.1) is 0 Å². The molecule has 3 aliphatic rings. The zero-order valence-corrected chi connectivity index (χ0v) is 22.8. The molecule has 4 rings (SSSR count). The van der Waals surface area contributed by atoms with Gasteiger partial charge in [0.25, 0.3) is 11.8 Å². The van der Waals surface area contributed by atoms with Crippen LogP contribution in [0.4, 0.5) is 0 Å². The number of halogens is 1. The SMILES string of the molecule is CC(=O)S[C@]1(C)NC(=O)[C@@]2(SC(C)=O)C[C@@](C#N)(CN3CCCCC3)[C@H](c3ccc(Cl)nc3)N2C1=O. The van der Waals surface area contributed by atoms with Gasteiger partial charge in [0.15, 0.2) is 20.0 Å². The Bertz CT molecular complexity index is 1140. The van der Waals surface area contributed by atoms with Crippen LogP contribution in [-0.2, 0) is 19.2 Å². The topological polar surface area (TPSA) is 123 Å². The third-order valence-electron chi connectivity index (χ3n) is 6.96. The second-order valence-corrected chi connectivity index (χ2v) is 13.2. The van der Waals surface area contributed by atoms with Crippen LogP contribution in [0.25, 0.3) is 0 Å². The van der Waals surface area contributed by atoms with Crippen molar-refractivity contribution in [1.29, 1.82) is 5.26 Å². The first-order valence-electron chi connectivity index (χ1n) is 11.8. The van der Waals surface area contributed by atoms with E-state index in [2.05, 4.69) is 21.3 Å². The van der Waals surface area contributed by atoms with Crippen LogP contribution in [0.1, 0.15) is 58.1 Å². The van der Waals surface area contributed by atoms with Crippen molar-refractivity contribution in [1.82, 2.24) is 20.1 Å². The largest absolute Gasteiger partial charge is 0.331 e. The van der Waals surface area contributed by atoms with Gasteiger partial charge in [-0.05, 0) is 56.2 Å². The van der Waals surface area contributed by atoms with Gasteiger partial charge in [-0.25, -0.2) is 4.98 Å². The number of amides is 2. The number of fused-ring (bicyclic) bond motifs is 1. The monoisotopic (exact) mass is 549 g/mol. The summed E-state index contributed by atoms with van der Waals surface area (Å²) in [5.74, 6) is -1.10. The van der Waals surface area contributed by atoms with Gasteiger partial charge in [-0.1, -0.05) is 35.9 Å². The predicted octanol–water partition coefficient (Wildman–Crippen LogP) is 3.11. The maximum Gasteiger partial charge on any atom is 0.261 e. The van der Waals surface area contributed by atoms with Gasteiger partial charge in [0.1, 0.15) is 5.15 Å². The van der Waals surface area contributed by atoms with E-state index in [4.69, 9.17) is 11.6 Å². The quantitative estimate of drug-likeness (QED) is 0.552. The molecule has 1 N–H and O–H groups in total. The molecule has 0 aliphatic carbocycles. The van der Waals surface area contributed by atoms with Crippen LogP contribution in [0.2, 0.25) is 5.15 Å². The number of piperidine rings is 1. The summed E-state index contributed by atoms with van der Waals surface area (Å²) in [6.45, 7) is 6.08. The molecule has 0 unspecified atom stereocenters. The zero-order chi connectivity index (χ0) is 26.3. The normalized spacial score (nSPS) is 32.5. The number of piperazine rings is 1. The highest BCUT2D eigenvalue weighted by atomic mass is 35.5. The number of hydrogen-bond acceptors (Lipinski definition) is 9. The molecule has 2 amide bonds. The molecule has 36 heavy (non-hydrogen) atoms. The molecule has 3 aliphatic heterocycles. The molecule has 0 bridgehead atoms. The van der Waals surface area contributed by atoms with E-state index in [0.29, 0.717) is 23.9 Å². The van der Waals surface area contributed by atoms with Gasteiger partial charge >= 0.3 is 0 Å². The smallest absolute Gasteiger partial charge is 0.261 e. The van der Waals surface area contributed by atoms with Gasteiger partial charge in [0, 0.05) is 33.0 Å². The van der Waals surface area contributed by atoms with Crippen LogP contribution in [0.5, 0.6) is 0 Å². The molecule has 3 fully saturated rings. The van der Waals surface area contributed by atoms with E-state index < -0.39 is 33.0 Å². The standard InChI is InChI=1S/C24H28ClN5O4S2/c1-15(31)35-22(3)21(34)30-19(17-7-8-18(25)27-11-17)23(13-26,14-29-9-5-4-6-10-29)12-24(30,20(33)28-22)36-16(2)32/h7-8,11,19H,4-6,9-10,12,14H2,1-3H3,(H,28,33)/t19-,22-,23+,24-/m0/s1. The van der Waals surface area contributed by atoms with Crippen LogP contribution in [0.15, 0.2) is 18.3 Å². The molecule has 192 valence electrons. The number of aromatic nitrogens is 1. The number of pyridine rings is 1. The Hall–Kier alpha value is -2.13. The number of nitrogens with zero attached hydrogens (tertiary/aromatic N) is 4. The van der Waals surface area contributed by atoms with E-state index in [1.54, 1.807) is 12.1 Å². The molecule has 3 saturated heterocycles. The Balaban J connectivity index is 1.93. The second-order valence-electron chi connectivity index (χ2n) is 9.73. The Kier molecular flexibility index (Phi) is 7.45. The van der Waals surface area contributed by atoms with E-state index in [1.807, 2.05) is 0 Å². The fourth-order valence-electron chi connectivity index (χ4n) is 5.67. The molecule has 0 radical (unpaired) electrons. The lowest BCUT2D eigenvalue weighted by Gasteiger charge is -2.48.